The number of hydrogen-bond donors (Lipinski definition) is 0. The molecule has 1 aliphatic carbocycles. The fourth-order valence-electron chi connectivity index (χ4n) is 2.44. The summed E-state index contributed by atoms with van der Waals surface area (Å²) in [7, 11) is 0. The molecule has 16 heavy (non-hydrogen) atoms. The summed E-state index contributed by atoms with van der Waals surface area (Å²) in [4.78, 5) is 15.3. The van der Waals surface area contributed by atoms with E-state index in [4.69, 9.17) is 0 Å². The highest BCUT2D eigenvalue weighted by atomic mass is 16.1. The van der Waals surface area contributed by atoms with Crippen molar-refractivity contribution >= 4 is 0 Å². The lowest BCUT2D eigenvalue weighted by Gasteiger charge is -2.34. The van der Waals surface area contributed by atoms with E-state index in [0.29, 0.717) is 11.3 Å². The molecule has 0 N–H and O–H groups in total. The molecule has 1 aromatic rings. The van der Waals surface area contributed by atoms with Gasteiger partial charge in [0.15, 0.2) is 0 Å². The molecule has 0 radical (unpaired) electrons. The summed E-state index contributed by atoms with van der Waals surface area (Å²) in [6, 6.07) is 0. The normalized spacial score (nSPS) is 20.9. The zero-order valence-corrected chi connectivity index (χ0v) is 10.1. The Kier molecular flexibility index (Phi) is 3.13. The van der Waals surface area contributed by atoms with Crippen LogP contribution >= 0.6 is 0 Å². The monoisotopic (exact) mass is 220 g/mol. The van der Waals surface area contributed by atoms with Crippen LogP contribution in [0.5, 0.6) is 0 Å². The SMILES string of the molecule is CC1(C)CCC(Cn2ccncc2=O)CC1. The van der Waals surface area contributed by atoms with Crippen LogP contribution < -0.4 is 5.56 Å². The maximum absolute atomic E-state index is 11.5. The van der Waals surface area contributed by atoms with Crippen LogP contribution in [-0.4, -0.2) is 9.55 Å². The molecule has 0 aromatic carbocycles. The van der Waals surface area contributed by atoms with Gasteiger partial charge in [0, 0.05) is 18.9 Å². The molecule has 1 heterocycles. The first kappa shape index (κ1) is 11.4. The first-order valence-corrected chi connectivity index (χ1v) is 6.07. The Balaban J connectivity index is 1.97. The molecule has 2 rings (SSSR count). The Morgan fingerprint density at radius 1 is 1.44 bits per heavy atom. The molecule has 0 aliphatic heterocycles. The molecule has 1 aromatic heterocycles. The van der Waals surface area contributed by atoms with Crippen LogP contribution in [-0.2, 0) is 6.54 Å². The highest BCUT2D eigenvalue weighted by Gasteiger charge is 2.26. The van der Waals surface area contributed by atoms with Crippen LogP contribution in [0.1, 0.15) is 39.5 Å². The highest BCUT2D eigenvalue weighted by Crippen LogP contribution is 2.38. The first-order chi connectivity index (χ1) is 7.57. The van der Waals surface area contributed by atoms with Crippen molar-refractivity contribution in [1.29, 1.82) is 0 Å². The molecular weight excluding hydrogens is 200 g/mol. The van der Waals surface area contributed by atoms with Gasteiger partial charge in [0.1, 0.15) is 0 Å². The van der Waals surface area contributed by atoms with Crippen molar-refractivity contribution in [2.45, 2.75) is 46.1 Å². The Morgan fingerprint density at radius 3 is 2.75 bits per heavy atom. The van der Waals surface area contributed by atoms with Crippen LogP contribution in [0.2, 0.25) is 0 Å². The van der Waals surface area contributed by atoms with Gasteiger partial charge in [-0.3, -0.25) is 9.78 Å². The van der Waals surface area contributed by atoms with Crippen LogP contribution in [0.25, 0.3) is 0 Å². The fraction of sp³-hybridized carbons (Fsp3) is 0.692. The molecule has 3 heteroatoms. The summed E-state index contributed by atoms with van der Waals surface area (Å²) in [5.41, 5.74) is 0.520. The molecule has 1 saturated carbocycles. The number of hydrogen-bond acceptors (Lipinski definition) is 2. The van der Waals surface area contributed by atoms with Crippen molar-refractivity contribution in [3.8, 4) is 0 Å². The van der Waals surface area contributed by atoms with E-state index in [9.17, 15) is 4.79 Å². The van der Waals surface area contributed by atoms with Gasteiger partial charge in [-0.2, -0.15) is 0 Å². The quantitative estimate of drug-likeness (QED) is 0.767. The minimum absolute atomic E-state index is 0.0207. The number of aromatic nitrogens is 2. The summed E-state index contributed by atoms with van der Waals surface area (Å²) in [6.07, 6.45) is 9.90. The van der Waals surface area contributed by atoms with E-state index in [1.807, 2.05) is 0 Å². The van der Waals surface area contributed by atoms with Crippen molar-refractivity contribution in [1.82, 2.24) is 9.55 Å². The second-order valence-electron chi connectivity index (χ2n) is 5.67. The second kappa shape index (κ2) is 4.40. The smallest absolute Gasteiger partial charge is 0.268 e. The fourth-order valence-corrected chi connectivity index (χ4v) is 2.44. The van der Waals surface area contributed by atoms with Crippen LogP contribution in [0.15, 0.2) is 23.4 Å². The molecule has 88 valence electrons. The minimum Gasteiger partial charge on any atom is -0.312 e. The van der Waals surface area contributed by atoms with Crippen LogP contribution in [0.4, 0.5) is 0 Å². The third-order valence-corrected chi connectivity index (χ3v) is 3.71. The molecular formula is C13H20N2O. The summed E-state index contributed by atoms with van der Waals surface area (Å²) in [5.74, 6) is 0.660. The molecule has 1 aliphatic rings. The minimum atomic E-state index is 0.0207. The standard InChI is InChI=1S/C13H20N2O/c1-13(2)5-3-11(4-6-13)10-15-8-7-14-9-12(15)16/h7-9,11H,3-6,10H2,1-2H3. The lowest BCUT2D eigenvalue weighted by molar-refractivity contribution is 0.178. The topological polar surface area (TPSA) is 34.9 Å². The zero-order chi connectivity index (χ0) is 11.6. The average Bonchev–Trinajstić information content (AvgIpc) is 2.24. The largest absolute Gasteiger partial charge is 0.312 e. The van der Waals surface area contributed by atoms with E-state index in [2.05, 4.69) is 18.8 Å². The summed E-state index contributed by atoms with van der Waals surface area (Å²) in [6.45, 7) is 5.53. The van der Waals surface area contributed by atoms with E-state index >= 15 is 0 Å². The van der Waals surface area contributed by atoms with E-state index in [1.54, 1.807) is 17.0 Å². The van der Waals surface area contributed by atoms with Crippen molar-refractivity contribution in [2.75, 3.05) is 0 Å². The van der Waals surface area contributed by atoms with Crippen molar-refractivity contribution in [3.05, 3.63) is 28.9 Å². The lowest BCUT2D eigenvalue weighted by atomic mass is 9.73. The Labute approximate surface area is 96.5 Å². The van der Waals surface area contributed by atoms with E-state index in [1.165, 1.54) is 31.9 Å². The lowest BCUT2D eigenvalue weighted by Crippen LogP contribution is -2.28. The summed E-state index contributed by atoms with van der Waals surface area (Å²) in [5, 5.41) is 0. The molecule has 3 nitrogen and oxygen atoms in total. The van der Waals surface area contributed by atoms with Gasteiger partial charge in [-0.25, -0.2) is 0 Å². The molecule has 0 spiro atoms. The summed E-state index contributed by atoms with van der Waals surface area (Å²) < 4.78 is 1.79. The zero-order valence-electron chi connectivity index (χ0n) is 10.1. The van der Waals surface area contributed by atoms with Crippen molar-refractivity contribution < 1.29 is 0 Å². The van der Waals surface area contributed by atoms with Crippen molar-refractivity contribution in [2.24, 2.45) is 11.3 Å². The maximum Gasteiger partial charge on any atom is 0.268 e. The van der Waals surface area contributed by atoms with Gasteiger partial charge in [-0.15, -0.1) is 0 Å². The van der Waals surface area contributed by atoms with E-state index in [-0.39, 0.29) is 5.56 Å². The Hall–Kier alpha value is -1.12. The maximum atomic E-state index is 11.5. The molecule has 0 atom stereocenters. The molecule has 1 fully saturated rings. The molecule has 0 amide bonds. The van der Waals surface area contributed by atoms with Gasteiger partial charge in [0.25, 0.3) is 5.56 Å². The van der Waals surface area contributed by atoms with Gasteiger partial charge in [0.05, 0.1) is 6.20 Å². The average molecular weight is 220 g/mol. The molecule has 0 unspecified atom stereocenters. The van der Waals surface area contributed by atoms with Gasteiger partial charge in [0.2, 0.25) is 0 Å². The Bertz CT molecular complexity index is 398. The predicted octanol–water partition coefficient (Wildman–Crippen LogP) is 2.46. The van der Waals surface area contributed by atoms with E-state index in [0.717, 1.165) is 6.54 Å². The number of nitrogens with zero attached hydrogens (tertiary/aromatic N) is 2. The Morgan fingerprint density at radius 2 is 2.12 bits per heavy atom. The van der Waals surface area contributed by atoms with Crippen LogP contribution in [0, 0.1) is 11.3 Å². The van der Waals surface area contributed by atoms with Gasteiger partial charge < -0.3 is 4.57 Å². The molecule has 0 saturated heterocycles. The first-order valence-electron chi connectivity index (χ1n) is 6.07. The predicted molar refractivity (Wildman–Crippen MR) is 64.2 cm³/mol. The van der Waals surface area contributed by atoms with E-state index < -0.39 is 0 Å². The van der Waals surface area contributed by atoms with Gasteiger partial charge in [-0.05, 0) is 37.0 Å². The third kappa shape index (κ3) is 2.71. The second-order valence-corrected chi connectivity index (χ2v) is 5.67. The van der Waals surface area contributed by atoms with Gasteiger partial charge in [-0.1, -0.05) is 13.8 Å². The van der Waals surface area contributed by atoms with Crippen molar-refractivity contribution in [3.63, 3.8) is 0 Å². The highest BCUT2D eigenvalue weighted by molar-refractivity contribution is 4.84. The third-order valence-electron chi connectivity index (χ3n) is 3.71. The van der Waals surface area contributed by atoms with Gasteiger partial charge >= 0.3 is 0 Å². The number of rotatable bonds is 2. The summed E-state index contributed by atoms with van der Waals surface area (Å²) >= 11 is 0. The molecule has 0 bridgehead atoms. The van der Waals surface area contributed by atoms with Crippen LogP contribution in [0.3, 0.4) is 0 Å².